The van der Waals surface area contributed by atoms with Gasteiger partial charge in [0.1, 0.15) is 5.75 Å². The number of rotatable bonds is 4. The van der Waals surface area contributed by atoms with Crippen LogP contribution in [-0.2, 0) is 9.53 Å². The van der Waals surface area contributed by atoms with Crippen LogP contribution in [0.4, 0.5) is 5.69 Å². The van der Waals surface area contributed by atoms with Crippen LogP contribution in [0.15, 0.2) is 29.3 Å². The summed E-state index contributed by atoms with van der Waals surface area (Å²) in [5, 5.41) is 17.8. The zero-order chi connectivity index (χ0) is 12.7. The normalized spacial score (nSPS) is 12.0. The molecule has 1 N–H and O–H groups in total. The smallest absolute Gasteiger partial charge is 0.328 e. The molecule has 0 fully saturated rings. The Morgan fingerprint density at radius 2 is 2.24 bits per heavy atom. The zero-order valence-corrected chi connectivity index (χ0v) is 9.33. The summed E-state index contributed by atoms with van der Waals surface area (Å²) in [6.07, 6.45) is 1.23. The molecule has 0 spiro atoms. The molecule has 88 valence electrons. The van der Waals surface area contributed by atoms with Gasteiger partial charge in [-0.05, 0) is 31.2 Å². The van der Waals surface area contributed by atoms with Crippen LogP contribution in [0, 0.1) is 17.2 Å². The lowest BCUT2D eigenvalue weighted by Gasteiger charge is -2.02. The quantitative estimate of drug-likeness (QED) is 0.633. The molecule has 5 nitrogen and oxygen atoms in total. The first-order valence-corrected chi connectivity index (χ1v) is 5.07. The van der Waals surface area contributed by atoms with E-state index in [1.54, 1.807) is 25.1 Å². The van der Waals surface area contributed by atoms with Gasteiger partial charge in [0.15, 0.2) is 5.92 Å². The van der Waals surface area contributed by atoms with Crippen LogP contribution in [0.1, 0.15) is 6.92 Å². The maximum Gasteiger partial charge on any atom is 0.328 e. The molecule has 1 rings (SSSR count). The maximum absolute atomic E-state index is 11.3. The summed E-state index contributed by atoms with van der Waals surface area (Å²) in [5.41, 5.74) is 0.548. The van der Waals surface area contributed by atoms with E-state index >= 15 is 0 Å². The molecule has 0 bridgehead atoms. The number of carbonyl (C=O) groups is 1. The van der Waals surface area contributed by atoms with Crippen LogP contribution >= 0.6 is 0 Å². The van der Waals surface area contributed by atoms with Crippen molar-refractivity contribution in [3.8, 4) is 11.8 Å². The second-order valence-corrected chi connectivity index (χ2v) is 3.15. The molecular weight excluding hydrogens is 220 g/mol. The van der Waals surface area contributed by atoms with E-state index in [1.165, 1.54) is 18.3 Å². The summed E-state index contributed by atoms with van der Waals surface area (Å²) in [5.74, 6) is -1.49. The predicted octanol–water partition coefficient (Wildman–Crippen LogP) is 1.80. The van der Waals surface area contributed by atoms with E-state index in [-0.39, 0.29) is 12.4 Å². The zero-order valence-electron chi connectivity index (χ0n) is 9.33. The van der Waals surface area contributed by atoms with E-state index in [1.807, 2.05) is 0 Å². The Morgan fingerprint density at radius 3 is 2.76 bits per heavy atom. The fourth-order valence-corrected chi connectivity index (χ4v) is 1.08. The number of benzene rings is 1. The molecule has 0 saturated carbocycles. The van der Waals surface area contributed by atoms with E-state index in [4.69, 9.17) is 15.1 Å². The van der Waals surface area contributed by atoms with Gasteiger partial charge in [0, 0.05) is 6.21 Å². The minimum atomic E-state index is -1.01. The van der Waals surface area contributed by atoms with Gasteiger partial charge in [-0.1, -0.05) is 0 Å². The second-order valence-electron chi connectivity index (χ2n) is 3.15. The fraction of sp³-hybridized carbons (Fsp3) is 0.250. The van der Waals surface area contributed by atoms with Crippen molar-refractivity contribution in [2.24, 2.45) is 10.9 Å². The number of phenols is 1. The molecule has 0 aliphatic rings. The third-order valence-electron chi connectivity index (χ3n) is 1.90. The number of hydrogen-bond donors (Lipinski definition) is 1. The largest absolute Gasteiger partial charge is 0.508 e. The first kappa shape index (κ1) is 12.7. The molecular formula is C12H12N2O3. The van der Waals surface area contributed by atoms with E-state index in [9.17, 15) is 4.79 Å². The number of nitriles is 1. The van der Waals surface area contributed by atoms with Gasteiger partial charge in [0.05, 0.1) is 18.4 Å². The lowest BCUT2D eigenvalue weighted by atomic mass is 10.2. The first-order valence-electron chi connectivity index (χ1n) is 5.07. The van der Waals surface area contributed by atoms with Crippen molar-refractivity contribution < 1.29 is 14.6 Å². The number of nitrogens with zero attached hydrogens (tertiary/aromatic N) is 2. The Balaban J connectivity index is 2.71. The van der Waals surface area contributed by atoms with Gasteiger partial charge >= 0.3 is 5.97 Å². The second kappa shape index (κ2) is 6.28. The molecule has 17 heavy (non-hydrogen) atoms. The molecule has 1 atom stereocenters. The third kappa shape index (κ3) is 3.95. The Kier molecular flexibility index (Phi) is 4.70. The van der Waals surface area contributed by atoms with Gasteiger partial charge in [-0.25, -0.2) is 0 Å². The first-order chi connectivity index (χ1) is 8.17. The highest BCUT2D eigenvalue weighted by Gasteiger charge is 2.16. The van der Waals surface area contributed by atoms with E-state index in [0.29, 0.717) is 5.69 Å². The van der Waals surface area contributed by atoms with Crippen LogP contribution in [0.5, 0.6) is 5.75 Å². The molecule has 0 radical (unpaired) electrons. The SMILES string of the molecule is CCOC(=O)C(C#N)C=Nc1ccc(O)cc1. The third-order valence-corrected chi connectivity index (χ3v) is 1.90. The molecule has 0 saturated heterocycles. The Morgan fingerprint density at radius 1 is 1.59 bits per heavy atom. The number of phenolic OH excluding ortho intramolecular Hbond substituents is 1. The average Bonchev–Trinajstić information content (AvgIpc) is 2.32. The number of ether oxygens (including phenoxy) is 1. The highest BCUT2D eigenvalue weighted by molar-refractivity contribution is 5.93. The van der Waals surface area contributed by atoms with E-state index < -0.39 is 11.9 Å². The van der Waals surface area contributed by atoms with Crippen LogP contribution in [0.2, 0.25) is 0 Å². The van der Waals surface area contributed by atoms with Gasteiger partial charge < -0.3 is 9.84 Å². The Labute approximate surface area is 99.0 Å². The van der Waals surface area contributed by atoms with Gasteiger partial charge in [-0.15, -0.1) is 0 Å². The van der Waals surface area contributed by atoms with E-state index in [0.717, 1.165) is 0 Å². The number of aliphatic imine (C=N–C) groups is 1. The lowest BCUT2D eigenvalue weighted by Crippen LogP contribution is -2.17. The summed E-state index contributed by atoms with van der Waals surface area (Å²) >= 11 is 0. The highest BCUT2D eigenvalue weighted by Crippen LogP contribution is 2.16. The van der Waals surface area contributed by atoms with Crippen LogP contribution in [-0.4, -0.2) is 23.9 Å². The predicted molar refractivity (Wildman–Crippen MR) is 62.0 cm³/mol. The number of carbonyl (C=O) groups excluding carboxylic acids is 1. The molecule has 0 aliphatic carbocycles. The number of esters is 1. The molecule has 1 aromatic rings. The van der Waals surface area contributed by atoms with Crippen LogP contribution in [0.25, 0.3) is 0 Å². The molecule has 0 heterocycles. The standard InChI is InChI=1S/C12H12N2O3/c1-2-17-12(16)9(7-13)8-14-10-3-5-11(15)6-4-10/h3-6,8-9,15H,2H2,1H3. The van der Waals surface area contributed by atoms with Crippen LogP contribution in [0.3, 0.4) is 0 Å². The fourth-order valence-electron chi connectivity index (χ4n) is 1.08. The van der Waals surface area contributed by atoms with Crippen molar-refractivity contribution in [1.29, 1.82) is 5.26 Å². The monoisotopic (exact) mass is 232 g/mol. The summed E-state index contributed by atoms with van der Waals surface area (Å²) < 4.78 is 4.71. The van der Waals surface area contributed by atoms with Crippen LogP contribution < -0.4 is 0 Å². The Bertz CT molecular complexity index is 446. The summed E-state index contributed by atoms with van der Waals surface area (Å²) in [6, 6.07) is 7.89. The summed E-state index contributed by atoms with van der Waals surface area (Å²) in [6.45, 7) is 1.90. The number of hydrogen-bond acceptors (Lipinski definition) is 5. The molecule has 0 aromatic heterocycles. The molecule has 1 aromatic carbocycles. The van der Waals surface area contributed by atoms with Gasteiger partial charge in [-0.2, -0.15) is 5.26 Å². The van der Waals surface area contributed by atoms with E-state index in [2.05, 4.69) is 4.99 Å². The van der Waals surface area contributed by atoms with Crippen molar-refractivity contribution >= 4 is 17.9 Å². The average molecular weight is 232 g/mol. The van der Waals surface area contributed by atoms with Crippen molar-refractivity contribution in [1.82, 2.24) is 0 Å². The highest BCUT2D eigenvalue weighted by atomic mass is 16.5. The lowest BCUT2D eigenvalue weighted by molar-refractivity contribution is -0.143. The minimum absolute atomic E-state index is 0.131. The van der Waals surface area contributed by atoms with Gasteiger partial charge in [0.2, 0.25) is 0 Å². The van der Waals surface area contributed by atoms with Crippen molar-refractivity contribution in [2.75, 3.05) is 6.61 Å². The van der Waals surface area contributed by atoms with Gasteiger partial charge in [-0.3, -0.25) is 9.79 Å². The van der Waals surface area contributed by atoms with Crippen molar-refractivity contribution in [3.05, 3.63) is 24.3 Å². The number of aromatic hydroxyl groups is 1. The summed E-state index contributed by atoms with van der Waals surface area (Å²) in [4.78, 5) is 15.2. The van der Waals surface area contributed by atoms with Crippen molar-refractivity contribution in [3.63, 3.8) is 0 Å². The minimum Gasteiger partial charge on any atom is -0.508 e. The maximum atomic E-state index is 11.3. The summed E-state index contributed by atoms with van der Waals surface area (Å²) in [7, 11) is 0. The topological polar surface area (TPSA) is 82.7 Å². The molecule has 0 aliphatic heterocycles. The molecule has 5 heteroatoms. The Hall–Kier alpha value is -2.35. The van der Waals surface area contributed by atoms with Crippen molar-refractivity contribution in [2.45, 2.75) is 6.92 Å². The van der Waals surface area contributed by atoms with Gasteiger partial charge in [0.25, 0.3) is 0 Å². The molecule has 1 unspecified atom stereocenters. The molecule has 0 amide bonds.